The van der Waals surface area contributed by atoms with Gasteiger partial charge >= 0.3 is 18.7 Å². The molecule has 4 N–H and O–H groups in total. The smallest absolute Gasteiger partial charge is 0.408 e. The second-order valence-electron chi connectivity index (χ2n) is 11.9. The van der Waals surface area contributed by atoms with Gasteiger partial charge in [0.15, 0.2) is 5.82 Å². The quantitative estimate of drug-likeness (QED) is 0.207. The summed E-state index contributed by atoms with van der Waals surface area (Å²) in [5, 5.41) is 27.9. The lowest BCUT2D eigenvalue weighted by Crippen LogP contribution is -2.30. The van der Waals surface area contributed by atoms with Crippen LogP contribution in [0, 0.1) is 23.1 Å². The fourth-order valence-electron chi connectivity index (χ4n) is 6.50. The van der Waals surface area contributed by atoms with Crippen LogP contribution >= 0.6 is 11.3 Å². The molecule has 3 aliphatic rings. The fraction of sp³-hybridized carbons (Fsp3) is 0.485. The highest BCUT2D eigenvalue weighted by Gasteiger charge is 2.38. The molecule has 16 heteroatoms. The second-order valence-corrected chi connectivity index (χ2v) is 13.0. The van der Waals surface area contributed by atoms with E-state index < -0.39 is 47.3 Å². The number of thiophene rings is 1. The van der Waals surface area contributed by atoms with Crippen LogP contribution in [0.2, 0.25) is 0 Å². The summed E-state index contributed by atoms with van der Waals surface area (Å²) >= 11 is 0.899. The van der Waals surface area contributed by atoms with Crippen molar-refractivity contribution in [3.05, 3.63) is 51.5 Å². The Hall–Kier alpha value is -3.88. The molecule has 0 amide bonds. The van der Waals surface area contributed by atoms with Crippen LogP contribution in [0.4, 0.5) is 32.8 Å². The molecule has 3 fully saturated rings. The molecule has 3 saturated heterocycles. The number of aromatic nitrogens is 2. The number of nitriles is 1. The van der Waals surface area contributed by atoms with Crippen molar-refractivity contribution in [2.75, 3.05) is 50.0 Å². The summed E-state index contributed by atoms with van der Waals surface area (Å²) in [6, 6.07) is 2.54. The largest absolute Gasteiger partial charge is 0.417 e. The first-order valence-corrected chi connectivity index (χ1v) is 16.3. The van der Waals surface area contributed by atoms with E-state index in [1.807, 2.05) is 13.0 Å². The third kappa shape index (κ3) is 8.30. The maximum Gasteiger partial charge on any atom is 0.417 e. The third-order valence-electron chi connectivity index (χ3n) is 8.48. The Morgan fingerprint density at radius 2 is 1.96 bits per heavy atom. The molecular formula is C33H39F5N6O4S. The second kappa shape index (κ2) is 15.8. The molecule has 3 unspecified atom stereocenters. The summed E-state index contributed by atoms with van der Waals surface area (Å²) in [5.41, 5.74) is 2.81. The fourth-order valence-corrected chi connectivity index (χ4v) is 7.37. The van der Waals surface area contributed by atoms with Gasteiger partial charge < -0.3 is 30.3 Å². The summed E-state index contributed by atoms with van der Waals surface area (Å²) in [7, 11) is 0. The number of rotatable bonds is 4. The lowest BCUT2D eigenvalue weighted by atomic mass is 9.94. The predicted molar refractivity (Wildman–Crippen MR) is 177 cm³/mol. The Balaban J connectivity index is 0.000000416. The molecule has 266 valence electrons. The molecule has 3 aromatic rings. The van der Waals surface area contributed by atoms with Gasteiger partial charge in [0.25, 0.3) is 0 Å². The molecule has 2 aromatic heterocycles. The van der Waals surface area contributed by atoms with Crippen molar-refractivity contribution >= 4 is 45.2 Å². The summed E-state index contributed by atoms with van der Waals surface area (Å²) in [6.07, 6.45) is -2.20. The number of anilines is 2. The highest BCUT2D eigenvalue weighted by Crippen LogP contribution is 2.41. The predicted octanol–water partition coefficient (Wildman–Crippen LogP) is 4.05. The summed E-state index contributed by atoms with van der Waals surface area (Å²) in [6.45, 7) is 13.5. The molecule has 5 heterocycles. The van der Waals surface area contributed by atoms with Crippen molar-refractivity contribution in [3.8, 4) is 12.1 Å². The van der Waals surface area contributed by atoms with Crippen LogP contribution in [0.5, 0.6) is 6.01 Å². The van der Waals surface area contributed by atoms with Crippen LogP contribution < -0.4 is 25.1 Å². The van der Waals surface area contributed by atoms with E-state index in [1.54, 1.807) is 4.90 Å². The van der Waals surface area contributed by atoms with E-state index in [4.69, 9.17) is 15.2 Å². The average molecular weight is 711 g/mol. The van der Waals surface area contributed by atoms with E-state index in [1.165, 1.54) is 19.8 Å². The van der Waals surface area contributed by atoms with E-state index in [2.05, 4.69) is 34.6 Å². The molecule has 1 aromatic carbocycles. The first-order chi connectivity index (χ1) is 23.2. The molecule has 0 spiro atoms. The minimum atomic E-state index is -5.01. The van der Waals surface area contributed by atoms with Gasteiger partial charge in [-0.2, -0.15) is 28.4 Å². The zero-order chi connectivity index (χ0) is 36.2. The third-order valence-corrected chi connectivity index (χ3v) is 9.35. The standard InChI is InChI=1S/C24H23F4N5O4S.C7H12FN.C2H4/c1-10-8-33(4-5-36-9-10)21-13-6-15(24(26,27)28)17(11(2)16-12(3)38-20(30)14(16)7-29)18(25)19(13)31-22(32-21)37-23(34)35;8-6-4-7-2-1-3-9(7)5-6;1-2/h6,10,23,34-35H,3-5,8-9,30H2,1-2H3;6-7H,1-5H2;1-2H2/b16-11-;;. The lowest BCUT2D eigenvalue weighted by molar-refractivity contribution is -0.183. The topological polar surface area (TPSA) is 141 Å². The lowest BCUT2D eigenvalue weighted by Gasteiger charge is -2.26. The van der Waals surface area contributed by atoms with Gasteiger partial charge in [-0.15, -0.1) is 24.5 Å². The number of hydrogen-bond acceptors (Lipinski definition) is 11. The minimum Gasteiger partial charge on any atom is -0.408 e. The maximum atomic E-state index is 16.2. The van der Waals surface area contributed by atoms with Crippen LogP contribution in [-0.2, 0) is 10.9 Å². The van der Waals surface area contributed by atoms with E-state index in [0.29, 0.717) is 25.7 Å². The van der Waals surface area contributed by atoms with Crippen molar-refractivity contribution < 1.29 is 41.6 Å². The Bertz CT molecular complexity index is 1800. The Morgan fingerprint density at radius 3 is 2.59 bits per heavy atom. The number of halogens is 5. The van der Waals surface area contributed by atoms with Gasteiger partial charge in [0.1, 0.15) is 28.6 Å². The van der Waals surface area contributed by atoms with E-state index in [-0.39, 0.29) is 56.2 Å². The van der Waals surface area contributed by atoms with Crippen LogP contribution in [0.25, 0.3) is 23.1 Å². The number of hydrogen-bond donors (Lipinski definition) is 3. The highest BCUT2D eigenvalue weighted by molar-refractivity contribution is 7.14. The van der Waals surface area contributed by atoms with E-state index in [9.17, 15) is 33.0 Å². The van der Waals surface area contributed by atoms with Gasteiger partial charge in [0.05, 0.1) is 24.3 Å². The van der Waals surface area contributed by atoms with Gasteiger partial charge in [-0.05, 0) is 50.3 Å². The molecule has 0 saturated carbocycles. The van der Waals surface area contributed by atoms with Gasteiger partial charge in [-0.25, -0.2) is 8.78 Å². The van der Waals surface area contributed by atoms with Crippen LogP contribution in [-0.4, -0.2) is 83.2 Å². The average Bonchev–Trinajstić information content (AvgIpc) is 3.64. The van der Waals surface area contributed by atoms with Crippen molar-refractivity contribution in [2.24, 2.45) is 5.92 Å². The molecule has 6 rings (SSSR count). The summed E-state index contributed by atoms with van der Waals surface area (Å²) in [5.74, 6) is -1.49. The normalized spacial score (nSPS) is 21.7. The van der Waals surface area contributed by atoms with E-state index in [0.717, 1.165) is 30.4 Å². The van der Waals surface area contributed by atoms with Crippen molar-refractivity contribution in [3.63, 3.8) is 0 Å². The van der Waals surface area contributed by atoms with E-state index >= 15 is 4.39 Å². The summed E-state index contributed by atoms with van der Waals surface area (Å²) < 4.78 is 82.6. The number of nitrogens with zero attached hydrogens (tertiary/aromatic N) is 5. The molecule has 10 nitrogen and oxygen atoms in total. The molecule has 0 radical (unpaired) electrons. The Labute approximate surface area is 284 Å². The minimum absolute atomic E-state index is 0.00576. The van der Waals surface area contributed by atoms with Gasteiger partial charge in [0.2, 0.25) is 0 Å². The van der Waals surface area contributed by atoms with Crippen molar-refractivity contribution in [1.29, 1.82) is 5.26 Å². The van der Waals surface area contributed by atoms with Gasteiger partial charge in [-0.1, -0.05) is 13.5 Å². The molecule has 3 aliphatic heterocycles. The highest BCUT2D eigenvalue weighted by atomic mass is 32.1. The zero-order valence-electron chi connectivity index (χ0n) is 27.2. The number of fused-ring (bicyclic) bond motifs is 2. The molecule has 3 atom stereocenters. The molecule has 49 heavy (non-hydrogen) atoms. The molecule has 0 bridgehead atoms. The number of aliphatic hydroxyl groups excluding tert-OH is 1. The van der Waals surface area contributed by atoms with Crippen molar-refractivity contribution in [1.82, 2.24) is 14.9 Å². The number of nitrogen functional groups attached to an aromatic ring is 1. The number of nitrogens with two attached hydrogens (primary N) is 1. The maximum absolute atomic E-state index is 16.2. The first-order valence-electron chi connectivity index (χ1n) is 15.5. The Kier molecular flexibility index (Phi) is 12.2. The first kappa shape index (κ1) is 37.9. The van der Waals surface area contributed by atoms with Crippen LogP contribution in [0.15, 0.2) is 19.2 Å². The molecule has 0 aliphatic carbocycles. The number of alkyl halides is 4. The number of benzene rings is 1. The van der Waals surface area contributed by atoms with Crippen LogP contribution in [0.1, 0.15) is 49.8 Å². The summed E-state index contributed by atoms with van der Waals surface area (Å²) in [4.78, 5) is 11.9. The number of ether oxygens (including phenoxy) is 2. The SMILES string of the molecule is C=C.C=c1sc(N)c(C#N)/c1=C(/C)c1c(C(F)(F)F)cc2c(N3CCOCC(C)C3)nc(OC(O)O)nc2c1F.FC1CC2CCCN2C1. The zero-order valence-corrected chi connectivity index (χ0v) is 28.0. The van der Waals surface area contributed by atoms with Gasteiger partial charge in [0, 0.05) is 46.4 Å². The molecular weight excluding hydrogens is 671 g/mol. The monoisotopic (exact) mass is 710 g/mol. The van der Waals surface area contributed by atoms with Gasteiger partial charge in [-0.3, -0.25) is 4.90 Å². The number of aliphatic hydroxyl groups is 2. The van der Waals surface area contributed by atoms with Crippen LogP contribution in [0.3, 0.4) is 0 Å². The Morgan fingerprint density at radius 1 is 1.24 bits per heavy atom. The van der Waals surface area contributed by atoms with Crippen molar-refractivity contribution in [2.45, 2.75) is 58.0 Å².